The largest absolute Gasteiger partial charge is 0.489 e. The second kappa shape index (κ2) is 7.61. The van der Waals surface area contributed by atoms with Gasteiger partial charge < -0.3 is 14.6 Å². The van der Waals surface area contributed by atoms with Crippen molar-refractivity contribution < 1.29 is 19.4 Å². The molecular formula is C23H29N3O4. The van der Waals surface area contributed by atoms with Crippen molar-refractivity contribution in [3.8, 4) is 16.9 Å². The normalized spacial score (nSPS) is 25.8. The van der Waals surface area contributed by atoms with E-state index in [-0.39, 0.29) is 30.4 Å². The Morgan fingerprint density at radius 3 is 2.70 bits per heavy atom. The standard InChI is InChI=1S/C23H29N3O4/c1-14-6-7-20-21(26(14)23(28)29-2)9-8-19(22(20)30-18-4-3-5-18)15-12-24-25(13-15)16-10-17(27)11-16/h8-9,12-14,16-18,27H,3-7,10-11H2,1-2H3. The number of hydrogen-bond acceptors (Lipinski definition) is 5. The average molecular weight is 412 g/mol. The van der Waals surface area contributed by atoms with E-state index in [0.29, 0.717) is 0 Å². The third-order valence-electron chi connectivity index (χ3n) is 6.83. The predicted molar refractivity (Wildman–Crippen MR) is 113 cm³/mol. The van der Waals surface area contributed by atoms with E-state index in [1.54, 1.807) is 4.90 Å². The number of methoxy groups -OCH3 is 1. The molecule has 7 heteroatoms. The molecule has 1 atom stereocenters. The highest BCUT2D eigenvalue weighted by Gasteiger charge is 2.34. The van der Waals surface area contributed by atoms with Gasteiger partial charge in [0.1, 0.15) is 5.75 Å². The molecule has 1 aromatic carbocycles. The zero-order chi connectivity index (χ0) is 20.8. The summed E-state index contributed by atoms with van der Waals surface area (Å²) in [7, 11) is 1.43. The molecule has 5 rings (SSSR count). The number of nitrogens with zero attached hydrogens (tertiary/aromatic N) is 3. The van der Waals surface area contributed by atoms with Crippen LogP contribution < -0.4 is 9.64 Å². The summed E-state index contributed by atoms with van der Waals surface area (Å²) < 4.78 is 13.5. The van der Waals surface area contributed by atoms with Gasteiger partial charge in [0.2, 0.25) is 0 Å². The van der Waals surface area contributed by atoms with E-state index < -0.39 is 0 Å². The number of aromatic nitrogens is 2. The average Bonchev–Trinajstić information content (AvgIpc) is 3.16. The molecule has 1 aromatic heterocycles. The van der Waals surface area contributed by atoms with Crippen LogP contribution in [0, 0.1) is 0 Å². The number of anilines is 1. The minimum atomic E-state index is -0.331. The fourth-order valence-electron chi connectivity index (χ4n) is 4.65. The number of benzene rings is 1. The van der Waals surface area contributed by atoms with Crippen LogP contribution in [0.1, 0.15) is 57.1 Å². The first-order valence-electron chi connectivity index (χ1n) is 11.0. The Bertz CT molecular complexity index is 946. The second-order valence-corrected chi connectivity index (χ2v) is 8.83. The van der Waals surface area contributed by atoms with Crippen molar-refractivity contribution in [2.24, 2.45) is 0 Å². The fourth-order valence-corrected chi connectivity index (χ4v) is 4.65. The molecule has 1 unspecified atom stereocenters. The van der Waals surface area contributed by atoms with Crippen molar-refractivity contribution >= 4 is 11.8 Å². The molecular weight excluding hydrogens is 382 g/mol. The van der Waals surface area contributed by atoms with E-state index in [0.717, 1.165) is 66.7 Å². The topological polar surface area (TPSA) is 76.8 Å². The summed E-state index contributed by atoms with van der Waals surface area (Å²) in [6, 6.07) is 4.39. The number of aliphatic hydroxyl groups excluding tert-OH is 1. The summed E-state index contributed by atoms with van der Waals surface area (Å²) in [5, 5.41) is 14.2. The monoisotopic (exact) mass is 411 g/mol. The van der Waals surface area contributed by atoms with Gasteiger partial charge in [-0.1, -0.05) is 0 Å². The fraction of sp³-hybridized carbons (Fsp3) is 0.565. The van der Waals surface area contributed by atoms with Crippen LogP contribution in [0.5, 0.6) is 5.75 Å². The van der Waals surface area contributed by atoms with Crippen molar-refractivity contribution in [3.05, 3.63) is 30.1 Å². The lowest BCUT2D eigenvalue weighted by Crippen LogP contribution is -2.42. The Kier molecular flexibility index (Phi) is 4.93. The zero-order valence-corrected chi connectivity index (χ0v) is 17.6. The van der Waals surface area contributed by atoms with Crippen LogP contribution in [-0.2, 0) is 11.2 Å². The number of carbonyl (C=O) groups excluding carboxylic acids is 1. The highest BCUT2D eigenvalue weighted by Crippen LogP contribution is 2.45. The first kappa shape index (κ1) is 19.4. The molecule has 30 heavy (non-hydrogen) atoms. The molecule has 2 fully saturated rings. The van der Waals surface area contributed by atoms with Crippen LogP contribution in [0.15, 0.2) is 24.5 Å². The molecule has 2 saturated carbocycles. The van der Waals surface area contributed by atoms with Gasteiger partial charge in [-0.15, -0.1) is 0 Å². The zero-order valence-electron chi connectivity index (χ0n) is 17.6. The number of fused-ring (bicyclic) bond motifs is 1. The second-order valence-electron chi connectivity index (χ2n) is 8.83. The van der Waals surface area contributed by atoms with Gasteiger partial charge in [-0.3, -0.25) is 9.58 Å². The molecule has 1 N–H and O–H groups in total. The summed E-state index contributed by atoms with van der Waals surface area (Å²) in [6.45, 7) is 2.05. The molecule has 0 spiro atoms. The highest BCUT2D eigenvalue weighted by atomic mass is 16.5. The van der Waals surface area contributed by atoms with Gasteiger partial charge in [0.25, 0.3) is 0 Å². The molecule has 1 aliphatic heterocycles. The summed E-state index contributed by atoms with van der Waals surface area (Å²) in [5.74, 6) is 0.881. The van der Waals surface area contributed by atoms with E-state index in [9.17, 15) is 9.90 Å². The van der Waals surface area contributed by atoms with Crippen LogP contribution >= 0.6 is 0 Å². The van der Waals surface area contributed by atoms with E-state index in [2.05, 4.69) is 18.2 Å². The van der Waals surface area contributed by atoms with Gasteiger partial charge in [0, 0.05) is 28.9 Å². The molecule has 0 radical (unpaired) electrons. The van der Waals surface area contributed by atoms with Gasteiger partial charge in [-0.25, -0.2) is 4.79 Å². The number of rotatable bonds is 4. The molecule has 160 valence electrons. The quantitative estimate of drug-likeness (QED) is 0.820. The van der Waals surface area contributed by atoms with E-state index in [1.165, 1.54) is 13.5 Å². The van der Waals surface area contributed by atoms with Crippen molar-refractivity contribution in [1.29, 1.82) is 0 Å². The number of amides is 1. The van der Waals surface area contributed by atoms with Gasteiger partial charge in [0.15, 0.2) is 0 Å². The summed E-state index contributed by atoms with van der Waals surface area (Å²) in [4.78, 5) is 14.2. The van der Waals surface area contributed by atoms with Crippen molar-refractivity contribution in [3.63, 3.8) is 0 Å². The lowest BCUT2D eigenvalue weighted by atomic mass is 9.89. The SMILES string of the molecule is COC(=O)N1c2ccc(-c3cnn(C4CC(O)C4)c3)c(OC3CCC3)c2CCC1C. The number of carbonyl (C=O) groups is 1. The van der Waals surface area contributed by atoms with Crippen LogP contribution in [-0.4, -0.2) is 46.3 Å². The van der Waals surface area contributed by atoms with Gasteiger partial charge >= 0.3 is 6.09 Å². The lowest BCUT2D eigenvalue weighted by Gasteiger charge is -2.37. The van der Waals surface area contributed by atoms with Crippen molar-refractivity contribution in [2.75, 3.05) is 12.0 Å². The van der Waals surface area contributed by atoms with Crippen LogP contribution in [0.25, 0.3) is 11.1 Å². The molecule has 2 aromatic rings. The molecule has 1 amide bonds. The Morgan fingerprint density at radius 1 is 1.23 bits per heavy atom. The molecule has 0 bridgehead atoms. The molecule has 2 heterocycles. The minimum Gasteiger partial charge on any atom is -0.489 e. The Hall–Kier alpha value is -2.54. The smallest absolute Gasteiger partial charge is 0.414 e. The Morgan fingerprint density at radius 2 is 2.03 bits per heavy atom. The third-order valence-corrected chi connectivity index (χ3v) is 6.83. The number of aliphatic hydroxyl groups is 1. The molecule has 2 aliphatic carbocycles. The molecule has 7 nitrogen and oxygen atoms in total. The van der Waals surface area contributed by atoms with Gasteiger partial charge in [-0.05, 0) is 64.0 Å². The van der Waals surface area contributed by atoms with Crippen molar-refractivity contribution in [1.82, 2.24) is 9.78 Å². The maximum absolute atomic E-state index is 12.5. The van der Waals surface area contributed by atoms with Crippen LogP contribution in [0.3, 0.4) is 0 Å². The Labute approximate surface area is 176 Å². The van der Waals surface area contributed by atoms with E-state index in [1.807, 2.05) is 23.0 Å². The molecule has 0 saturated heterocycles. The Balaban J connectivity index is 1.55. The summed E-state index contributed by atoms with van der Waals surface area (Å²) in [5.41, 5.74) is 3.99. The number of hydrogen-bond donors (Lipinski definition) is 1. The third kappa shape index (κ3) is 3.25. The maximum atomic E-state index is 12.5. The summed E-state index contributed by atoms with van der Waals surface area (Å²) in [6.07, 6.45) is 10.2. The predicted octanol–water partition coefficient (Wildman–Crippen LogP) is 4.08. The van der Waals surface area contributed by atoms with Gasteiger partial charge in [0.05, 0.1) is 37.2 Å². The van der Waals surface area contributed by atoms with Crippen LogP contribution in [0.4, 0.5) is 10.5 Å². The highest BCUT2D eigenvalue weighted by molar-refractivity contribution is 5.92. The maximum Gasteiger partial charge on any atom is 0.414 e. The lowest BCUT2D eigenvalue weighted by molar-refractivity contribution is 0.0434. The minimum absolute atomic E-state index is 0.0835. The molecule has 3 aliphatic rings. The van der Waals surface area contributed by atoms with Crippen molar-refractivity contribution in [2.45, 2.75) is 76.2 Å². The summed E-state index contributed by atoms with van der Waals surface area (Å²) >= 11 is 0. The van der Waals surface area contributed by atoms with E-state index in [4.69, 9.17) is 9.47 Å². The van der Waals surface area contributed by atoms with E-state index >= 15 is 0 Å². The van der Waals surface area contributed by atoms with Crippen LogP contribution in [0.2, 0.25) is 0 Å². The first-order valence-corrected chi connectivity index (χ1v) is 11.0. The number of ether oxygens (including phenoxy) is 2. The van der Waals surface area contributed by atoms with Gasteiger partial charge in [-0.2, -0.15) is 5.10 Å². The first-order chi connectivity index (χ1) is 14.5.